The zero-order valence-electron chi connectivity index (χ0n) is 15.4. The summed E-state index contributed by atoms with van der Waals surface area (Å²) in [4.78, 5) is 14.1. The van der Waals surface area contributed by atoms with E-state index in [1.807, 2.05) is 60.7 Å². The molecule has 0 saturated heterocycles. The van der Waals surface area contributed by atoms with Gasteiger partial charge in [-0.05, 0) is 30.5 Å². The van der Waals surface area contributed by atoms with Crippen LogP contribution in [-0.4, -0.2) is 29.1 Å². The molecule has 5 nitrogen and oxygen atoms in total. The molecule has 27 heavy (non-hydrogen) atoms. The molecular formula is C22H23N3O2. The van der Waals surface area contributed by atoms with Gasteiger partial charge in [0.1, 0.15) is 5.69 Å². The molecule has 1 fully saturated rings. The molecule has 0 aliphatic heterocycles. The monoisotopic (exact) mass is 361 g/mol. The summed E-state index contributed by atoms with van der Waals surface area (Å²) in [5.74, 6) is 0.818. The van der Waals surface area contributed by atoms with Crippen LogP contribution in [0.2, 0.25) is 0 Å². The van der Waals surface area contributed by atoms with E-state index >= 15 is 0 Å². The van der Waals surface area contributed by atoms with Crippen molar-refractivity contribution in [1.82, 2.24) is 15.4 Å². The van der Waals surface area contributed by atoms with Crippen LogP contribution in [0.15, 0.2) is 65.2 Å². The van der Waals surface area contributed by atoms with E-state index < -0.39 is 0 Å². The Morgan fingerprint density at radius 1 is 1.11 bits per heavy atom. The fourth-order valence-electron chi connectivity index (χ4n) is 3.23. The van der Waals surface area contributed by atoms with Crippen molar-refractivity contribution < 1.29 is 9.32 Å². The standard InChI is InChI=1S/C22H23N3O2/c1-23-22(26)18-9-7-16(8-10-18)14-25(19-11-12-19)15-20-13-21(24-27-20)17-5-3-2-4-6-17/h2-10,13,19H,11-12,14-15H2,1H3,(H,23,26). The highest BCUT2D eigenvalue weighted by Crippen LogP contribution is 2.30. The van der Waals surface area contributed by atoms with E-state index in [4.69, 9.17) is 4.52 Å². The van der Waals surface area contributed by atoms with Gasteiger partial charge in [0.15, 0.2) is 5.76 Å². The Hall–Kier alpha value is -2.92. The van der Waals surface area contributed by atoms with Crippen molar-refractivity contribution in [2.45, 2.75) is 32.0 Å². The second-order valence-electron chi connectivity index (χ2n) is 6.96. The van der Waals surface area contributed by atoms with Crippen LogP contribution in [0.3, 0.4) is 0 Å². The first-order chi connectivity index (χ1) is 13.2. The van der Waals surface area contributed by atoms with E-state index in [-0.39, 0.29) is 5.91 Å². The van der Waals surface area contributed by atoms with Crippen molar-refractivity contribution in [3.63, 3.8) is 0 Å². The summed E-state index contributed by atoms with van der Waals surface area (Å²) in [6.07, 6.45) is 2.44. The summed E-state index contributed by atoms with van der Waals surface area (Å²) < 4.78 is 5.59. The fraction of sp³-hybridized carbons (Fsp3) is 0.273. The van der Waals surface area contributed by atoms with Crippen molar-refractivity contribution >= 4 is 5.91 Å². The zero-order valence-corrected chi connectivity index (χ0v) is 15.4. The molecule has 0 unspecified atom stereocenters. The van der Waals surface area contributed by atoms with Crippen molar-refractivity contribution in [2.75, 3.05) is 7.05 Å². The fourth-order valence-corrected chi connectivity index (χ4v) is 3.23. The number of benzene rings is 2. The Kier molecular flexibility index (Phi) is 5.03. The summed E-state index contributed by atoms with van der Waals surface area (Å²) in [5.41, 5.74) is 3.81. The van der Waals surface area contributed by atoms with E-state index in [1.165, 1.54) is 18.4 Å². The number of hydrogen-bond acceptors (Lipinski definition) is 4. The highest BCUT2D eigenvalue weighted by Gasteiger charge is 2.30. The van der Waals surface area contributed by atoms with Gasteiger partial charge in [-0.15, -0.1) is 0 Å². The van der Waals surface area contributed by atoms with Gasteiger partial charge in [0.05, 0.1) is 6.54 Å². The summed E-state index contributed by atoms with van der Waals surface area (Å²) in [6.45, 7) is 1.57. The minimum atomic E-state index is -0.0595. The third-order valence-corrected chi connectivity index (χ3v) is 4.88. The van der Waals surface area contributed by atoms with Gasteiger partial charge in [0.2, 0.25) is 0 Å². The van der Waals surface area contributed by atoms with E-state index in [9.17, 15) is 4.79 Å². The van der Waals surface area contributed by atoms with Gasteiger partial charge in [0, 0.05) is 36.8 Å². The molecule has 1 heterocycles. The number of nitrogens with zero attached hydrogens (tertiary/aromatic N) is 2. The molecule has 1 N–H and O–H groups in total. The molecule has 3 aromatic rings. The van der Waals surface area contributed by atoms with Crippen LogP contribution in [-0.2, 0) is 13.1 Å². The molecule has 0 bridgehead atoms. The Bertz CT molecular complexity index is 899. The molecule has 2 aromatic carbocycles. The summed E-state index contributed by atoms with van der Waals surface area (Å²) in [7, 11) is 1.65. The number of aromatic nitrogens is 1. The summed E-state index contributed by atoms with van der Waals surface area (Å²) in [6, 6.07) is 20.5. The lowest BCUT2D eigenvalue weighted by Crippen LogP contribution is -2.25. The van der Waals surface area contributed by atoms with Gasteiger partial charge in [-0.2, -0.15) is 0 Å². The van der Waals surface area contributed by atoms with Crippen molar-refractivity contribution in [2.24, 2.45) is 0 Å². The lowest BCUT2D eigenvalue weighted by molar-refractivity contribution is 0.0963. The number of carbonyl (C=O) groups is 1. The highest BCUT2D eigenvalue weighted by molar-refractivity contribution is 5.93. The largest absolute Gasteiger partial charge is 0.359 e. The average molecular weight is 361 g/mol. The predicted octanol–water partition coefficient (Wildman–Crippen LogP) is 3.87. The Morgan fingerprint density at radius 3 is 2.52 bits per heavy atom. The Balaban J connectivity index is 1.45. The maximum atomic E-state index is 11.7. The molecule has 1 saturated carbocycles. The molecule has 0 radical (unpaired) electrons. The van der Waals surface area contributed by atoms with Gasteiger partial charge in [-0.1, -0.05) is 47.6 Å². The average Bonchev–Trinajstić information content (AvgIpc) is 3.47. The van der Waals surface area contributed by atoms with Crippen molar-refractivity contribution in [3.8, 4) is 11.3 Å². The lowest BCUT2D eigenvalue weighted by atomic mass is 10.1. The number of amides is 1. The Morgan fingerprint density at radius 2 is 1.85 bits per heavy atom. The number of hydrogen-bond donors (Lipinski definition) is 1. The lowest BCUT2D eigenvalue weighted by Gasteiger charge is -2.20. The molecular weight excluding hydrogens is 338 g/mol. The van der Waals surface area contributed by atoms with Crippen LogP contribution in [0.1, 0.15) is 34.5 Å². The minimum absolute atomic E-state index is 0.0595. The van der Waals surface area contributed by atoms with Gasteiger partial charge in [-0.3, -0.25) is 9.69 Å². The molecule has 0 atom stereocenters. The predicted molar refractivity (Wildman–Crippen MR) is 104 cm³/mol. The first-order valence-corrected chi connectivity index (χ1v) is 9.29. The van der Waals surface area contributed by atoms with Crippen LogP contribution >= 0.6 is 0 Å². The zero-order chi connectivity index (χ0) is 18.6. The normalized spacial score (nSPS) is 13.7. The maximum Gasteiger partial charge on any atom is 0.251 e. The third kappa shape index (κ3) is 4.26. The van der Waals surface area contributed by atoms with E-state index in [1.54, 1.807) is 7.05 Å². The van der Waals surface area contributed by atoms with Gasteiger partial charge in [-0.25, -0.2) is 0 Å². The number of carbonyl (C=O) groups excluding carboxylic acids is 1. The van der Waals surface area contributed by atoms with Crippen LogP contribution in [0.5, 0.6) is 0 Å². The minimum Gasteiger partial charge on any atom is -0.359 e. The number of nitrogens with one attached hydrogen (secondary N) is 1. The molecule has 4 rings (SSSR count). The van der Waals surface area contributed by atoms with Crippen LogP contribution in [0.25, 0.3) is 11.3 Å². The molecule has 1 amide bonds. The van der Waals surface area contributed by atoms with Crippen molar-refractivity contribution in [1.29, 1.82) is 0 Å². The smallest absolute Gasteiger partial charge is 0.251 e. The second-order valence-corrected chi connectivity index (χ2v) is 6.96. The molecule has 1 aromatic heterocycles. The molecule has 0 spiro atoms. The van der Waals surface area contributed by atoms with E-state index in [0.29, 0.717) is 11.6 Å². The molecule has 1 aliphatic carbocycles. The summed E-state index contributed by atoms with van der Waals surface area (Å²) in [5, 5.41) is 6.87. The molecule has 5 heteroatoms. The maximum absolute atomic E-state index is 11.7. The summed E-state index contributed by atoms with van der Waals surface area (Å²) >= 11 is 0. The number of rotatable bonds is 7. The van der Waals surface area contributed by atoms with Gasteiger partial charge in [0.25, 0.3) is 5.91 Å². The first kappa shape index (κ1) is 17.5. The van der Waals surface area contributed by atoms with E-state index in [0.717, 1.165) is 30.1 Å². The van der Waals surface area contributed by atoms with Crippen LogP contribution in [0.4, 0.5) is 0 Å². The highest BCUT2D eigenvalue weighted by atomic mass is 16.5. The Labute approximate surface area is 159 Å². The SMILES string of the molecule is CNC(=O)c1ccc(CN(Cc2cc(-c3ccccc3)no2)C2CC2)cc1. The van der Waals surface area contributed by atoms with E-state index in [2.05, 4.69) is 15.4 Å². The first-order valence-electron chi connectivity index (χ1n) is 9.29. The van der Waals surface area contributed by atoms with Crippen LogP contribution in [0, 0.1) is 0 Å². The topological polar surface area (TPSA) is 58.4 Å². The van der Waals surface area contributed by atoms with Crippen LogP contribution < -0.4 is 5.32 Å². The quantitative estimate of drug-likeness (QED) is 0.694. The molecule has 138 valence electrons. The third-order valence-electron chi connectivity index (χ3n) is 4.88. The van der Waals surface area contributed by atoms with Gasteiger partial charge >= 0.3 is 0 Å². The second kappa shape index (κ2) is 7.76. The van der Waals surface area contributed by atoms with Crippen molar-refractivity contribution in [3.05, 3.63) is 77.6 Å². The van der Waals surface area contributed by atoms with Gasteiger partial charge < -0.3 is 9.84 Å². The molecule has 1 aliphatic rings.